The molecule has 0 aliphatic carbocycles. The largest absolute Gasteiger partial charge is 0.497 e. The van der Waals surface area contributed by atoms with E-state index in [2.05, 4.69) is 20.8 Å². The van der Waals surface area contributed by atoms with Crippen molar-refractivity contribution < 1.29 is 9.53 Å². The first-order valence-corrected chi connectivity index (χ1v) is 6.39. The zero-order chi connectivity index (χ0) is 14.9. The number of nitrogens with zero attached hydrogens (tertiary/aromatic N) is 2. The van der Waals surface area contributed by atoms with Crippen molar-refractivity contribution in [2.75, 3.05) is 19.0 Å². The van der Waals surface area contributed by atoms with Gasteiger partial charge in [-0.05, 0) is 36.4 Å². The lowest BCUT2D eigenvalue weighted by atomic mass is 10.3. The first-order valence-electron chi connectivity index (χ1n) is 6.39. The molecule has 1 aromatic carbocycles. The second-order valence-corrected chi connectivity index (χ2v) is 4.13. The van der Waals surface area contributed by atoms with E-state index in [-0.39, 0.29) is 12.5 Å². The van der Waals surface area contributed by atoms with E-state index in [4.69, 9.17) is 4.74 Å². The SMILES string of the molecule is COc1ccc(NCC(=O)N/N=C/c2ccccn2)cc1. The summed E-state index contributed by atoms with van der Waals surface area (Å²) >= 11 is 0. The lowest BCUT2D eigenvalue weighted by Crippen LogP contribution is -2.25. The summed E-state index contributed by atoms with van der Waals surface area (Å²) in [4.78, 5) is 15.7. The molecule has 0 aliphatic heterocycles. The van der Waals surface area contributed by atoms with Crippen molar-refractivity contribution in [2.45, 2.75) is 0 Å². The molecule has 0 radical (unpaired) electrons. The smallest absolute Gasteiger partial charge is 0.259 e. The summed E-state index contributed by atoms with van der Waals surface area (Å²) < 4.78 is 5.06. The van der Waals surface area contributed by atoms with Crippen LogP contribution < -0.4 is 15.5 Å². The highest BCUT2D eigenvalue weighted by atomic mass is 16.5. The normalized spacial score (nSPS) is 10.3. The van der Waals surface area contributed by atoms with Gasteiger partial charge in [0.1, 0.15) is 5.75 Å². The quantitative estimate of drug-likeness (QED) is 0.625. The van der Waals surface area contributed by atoms with Crippen LogP contribution in [-0.4, -0.2) is 30.8 Å². The van der Waals surface area contributed by atoms with Gasteiger partial charge in [-0.1, -0.05) is 6.07 Å². The molecule has 2 aromatic rings. The van der Waals surface area contributed by atoms with E-state index in [1.165, 1.54) is 6.21 Å². The van der Waals surface area contributed by atoms with Gasteiger partial charge in [0.2, 0.25) is 0 Å². The van der Waals surface area contributed by atoms with Crippen LogP contribution in [0.2, 0.25) is 0 Å². The summed E-state index contributed by atoms with van der Waals surface area (Å²) in [6.07, 6.45) is 3.15. The summed E-state index contributed by atoms with van der Waals surface area (Å²) in [5.41, 5.74) is 3.94. The van der Waals surface area contributed by atoms with E-state index in [0.29, 0.717) is 5.69 Å². The standard InChI is InChI=1S/C15H16N4O2/c1-21-14-7-5-12(6-8-14)17-11-15(20)19-18-10-13-4-2-3-9-16-13/h2-10,17H,11H2,1H3,(H,19,20)/b18-10+. The number of anilines is 1. The second-order valence-electron chi connectivity index (χ2n) is 4.13. The fraction of sp³-hybridized carbons (Fsp3) is 0.133. The average Bonchev–Trinajstić information content (AvgIpc) is 2.54. The molecule has 6 nitrogen and oxygen atoms in total. The van der Waals surface area contributed by atoms with Gasteiger partial charge in [0.05, 0.1) is 25.6 Å². The maximum absolute atomic E-state index is 11.6. The summed E-state index contributed by atoms with van der Waals surface area (Å²) in [5, 5.41) is 6.82. The zero-order valence-electron chi connectivity index (χ0n) is 11.6. The van der Waals surface area contributed by atoms with Crippen LogP contribution in [0.1, 0.15) is 5.69 Å². The van der Waals surface area contributed by atoms with Crippen molar-refractivity contribution in [2.24, 2.45) is 5.10 Å². The van der Waals surface area contributed by atoms with Gasteiger partial charge in [0.15, 0.2) is 0 Å². The number of rotatable bonds is 6. The molecule has 0 fully saturated rings. The second kappa shape index (κ2) is 7.64. The van der Waals surface area contributed by atoms with E-state index in [1.807, 2.05) is 36.4 Å². The maximum Gasteiger partial charge on any atom is 0.259 e. The topological polar surface area (TPSA) is 75.6 Å². The molecular weight excluding hydrogens is 268 g/mol. The van der Waals surface area contributed by atoms with Crippen LogP contribution in [0.3, 0.4) is 0 Å². The molecule has 0 atom stereocenters. The van der Waals surface area contributed by atoms with E-state index < -0.39 is 0 Å². The Bertz CT molecular complexity index is 597. The van der Waals surface area contributed by atoms with Crippen molar-refractivity contribution in [1.29, 1.82) is 0 Å². The Labute approximate surface area is 122 Å². The van der Waals surface area contributed by atoms with Gasteiger partial charge in [0, 0.05) is 11.9 Å². The average molecular weight is 284 g/mol. The van der Waals surface area contributed by atoms with Gasteiger partial charge in [-0.15, -0.1) is 0 Å². The molecule has 21 heavy (non-hydrogen) atoms. The number of hydrazone groups is 1. The van der Waals surface area contributed by atoms with Crippen LogP contribution in [-0.2, 0) is 4.79 Å². The Morgan fingerprint density at radius 3 is 2.76 bits per heavy atom. The number of aromatic nitrogens is 1. The van der Waals surface area contributed by atoms with Gasteiger partial charge in [-0.25, -0.2) is 5.43 Å². The third-order valence-corrected chi connectivity index (χ3v) is 2.62. The number of carbonyl (C=O) groups is 1. The molecule has 108 valence electrons. The van der Waals surface area contributed by atoms with Gasteiger partial charge in [-0.2, -0.15) is 5.10 Å². The minimum atomic E-state index is -0.238. The summed E-state index contributed by atoms with van der Waals surface area (Å²) in [6, 6.07) is 12.8. The predicted molar refractivity (Wildman–Crippen MR) is 81.5 cm³/mol. The fourth-order valence-electron chi connectivity index (χ4n) is 1.55. The van der Waals surface area contributed by atoms with Gasteiger partial charge < -0.3 is 10.1 Å². The number of benzene rings is 1. The number of amides is 1. The molecule has 0 aliphatic rings. The minimum absolute atomic E-state index is 0.131. The Hall–Kier alpha value is -2.89. The molecule has 6 heteroatoms. The van der Waals surface area contributed by atoms with Crippen LogP contribution in [0.15, 0.2) is 53.8 Å². The Kier molecular flexibility index (Phi) is 5.28. The maximum atomic E-state index is 11.6. The number of ether oxygens (including phenoxy) is 1. The summed E-state index contributed by atoms with van der Waals surface area (Å²) in [6.45, 7) is 0.131. The van der Waals surface area contributed by atoms with Crippen LogP contribution in [0, 0.1) is 0 Å². The molecule has 1 heterocycles. The molecule has 2 rings (SSSR count). The molecule has 1 amide bonds. The third-order valence-electron chi connectivity index (χ3n) is 2.62. The molecule has 0 unspecified atom stereocenters. The monoisotopic (exact) mass is 284 g/mol. The van der Waals surface area contributed by atoms with Crippen molar-refractivity contribution in [3.05, 3.63) is 54.4 Å². The fourth-order valence-corrected chi connectivity index (χ4v) is 1.55. The molecular formula is C15H16N4O2. The molecule has 1 aromatic heterocycles. The van der Waals surface area contributed by atoms with Crippen molar-refractivity contribution in [1.82, 2.24) is 10.4 Å². The zero-order valence-corrected chi connectivity index (χ0v) is 11.6. The Morgan fingerprint density at radius 2 is 2.10 bits per heavy atom. The summed E-state index contributed by atoms with van der Waals surface area (Å²) in [7, 11) is 1.61. The van der Waals surface area contributed by atoms with Gasteiger partial charge in [0.25, 0.3) is 5.91 Å². The molecule has 0 spiro atoms. The van der Waals surface area contributed by atoms with Crippen molar-refractivity contribution in [3.63, 3.8) is 0 Å². The highest BCUT2D eigenvalue weighted by Gasteiger charge is 1.99. The van der Waals surface area contributed by atoms with Crippen LogP contribution in [0.5, 0.6) is 5.75 Å². The van der Waals surface area contributed by atoms with Gasteiger partial charge in [-0.3, -0.25) is 9.78 Å². The third kappa shape index (κ3) is 4.94. The van der Waals surface area contributed by atoms with E-state index >= 15 is 0 Å². The molecule has 0 saturated heterocycles. The van der Waals surface area contributed by atoms with E-state index in [0.717, 1.165) is 11.4 Å². The number of methoxy groups -OCH3 is 1. The van der Waals surface area contributed by atoms with Crippen LogP contribution >= 0.6 is 0 Å². The van der Waals surface area contributed by atoms with Gasteiger partial charge >= 0.3 is 0 Å². The van der Waals surface area contributed by atoms with E-state index in [1.54, 1.807) is 19.4 Å². The number of pyridine rings is 1. The first-order chi connectivity index (χ1) is 10.3. The molecule has 0 saturated carbocycles. The Balaban J connectivity index is 1.75. The first kappa shape index (κ1) is 14.5. The number of hydrogen-bond donors (Lipinski definition) is 2. The van der Waals surface area contributed by atoms with E-state index in [9.17, 15) is 4.79 Å². The number of nitrogens with one attached hydrogen (secondary N) is 2. The van der Waals surface area contributed by atoms with Crippen molar-refractivity contribution >= 4 is 17.8 Å². The minimum Gasteiger partial charge on any atom is -0.497 e. The highest BCUT2D eigenvalue weighted by Crippen LogP contribution is 2.14. The van der Waals surface area contributed by atoms with Crippen LogP contribution in [0.25, 0.3) is 0 Å². The number of carbonyl (C=O) groups excluding carboxylic acids is 1. The lowest BCUT2D eigenvalue weighted by Gasteiger charge is -2.06. The Morgan fingerprint density at radius 1 is 1.29 bits per heavy atom. The van der Waals surface area contributed by atoms with Crippen LogP contribution in [0.4, 0.5) is 5.69 Å². The molecule has 0 bridgehead atoms. The summed E-state index contributed by atoms with van der Waals surface area (Å²) in [5.74, 6) is 0.531. The van der Waals surface area contributed by atoms with Crippen molar-refractivity contribution in [3.8, 4) is 5.75 Å². The predicted octanol–water partition coefficient (Wildman–Crippen LogP) is 1.65. The number of hydrogen-bond acceptors (Lipinski definition) is 5. The lowest BCUT2D eigenvalue weighted by molar-refractivity contribution is -0.119. The highest BCUT2D eigenvalue weighted by molar-refractivity contribution is 5.83. The molecule has 2 N–H and O–H groups in total.